The normalized spacial score (nSPS) is 25.5. The summed E-state index contributed by atoms with van der Waals surface area (Å²) < 4.78 is 18.3. The van der Waals surface area contributed by atoms with Gasteiger partial charge in [0, 0.05) is 26.4 Å². The first-order valence-corrected chi connectivity index (χ1v) is 9.80. The number of esters is 2. The van der Waals surface area contributed by atoms with Crippen molar-refractivity contribution in [1.82, 2.24) is 0 Å². The van der Waals surface area contributed by atoms with E-state index in [2.05, 4.69) is 44.3 Å². The zero-order valence-corrected chi connectivity index (χ0v) is 17.1. The summed E-state index contributed by atoms with van der Waals surface area (Å²) in [6.07, 6.45) is 13.2. The summed E-state index contributed by atoms with van der Waals surface area (Å²) in [5, 5.41) is 0. The lowest BCUT2D eigenvalue weighted by atomic mass is 9.82. The van der Waals surface area contributed by atoms with Crippen LogP contribution in [-0.2, 0) is 28.5 Å². The molecule has 158 valence electrons. The van der Waals surface area contributed by atoms with Crippen LogP contribution in [0.15, 0.2) is 37.5 Å². The number of rotatable bonds is 8. The lowest BCUT2D eigenvalue weighted by Crippen LogP contribution is -2.16. The SMILES string of the molecule is C1=CC2C3CCC(C3)C2C1.C=CC(=O)OCCOC.C=CC(=O)OCCOC. The molecule has 0 heterocycles. The molecule has 2 saturated carbocycles. The minimum Gasteiger partial charge on any atom is -0.460 e. The fourth-order valence-electron chi connectivity index (χ4n) is 4.07. The number of carbonyl (C=O) groups is 2. The molecule has 0 N–H and O–H groups in total. The topological polar surface area (TPSA) is 71.1 Å². The third kappa shape index (κ3) is 8.40. The van der Waals surface area contributed by atoms with Crippen molar-refractivity contribution in [2.75, 3.05) is 40.6 Å². The maximum atomic E-state index is 10.3. The highest BCUT2D eigenvalue weighted by Crippen LogP contribution is 2.56. The van der Waals surface area contributed by atoms with Gasteiger partial charge in [0.15, 0.2) is 0 Å². The second kappa shape index (κ2) is 14.1. The molecule has 28 heavy (non-hydrogen) atoms. The van der Waals surface area contributed by atoms with Gasteiger partial charge >= 0.3 is 11.9 Å². The van der Waals surface area contributed by atoms with Gasteiger partial charge in [-0.15, -0.1) is 0 Å². The fraction of sp³-hybridized carbons (Fsp3) is 0.636. The molecule has 3 aliphatic carbocycles. The van der Waals surface area contributed by atoms with E-state index in [9.17, 15) is 9.59 Å². The van der Waals surface area contributed by atoms with Crippen molar-refractivity contribution >= 4 is 11.9 Å². The van der Waals surface area contributed by atoms with E-state index in [1.54, 1.807) is 27.1 Å². The monoisotopic (exact) mass is 394 g/mol. The van der Waals surface area contributed by atoms with Crippen molar-refractivity contribution < 1.29 is 28.5 Å². The Bertz CT molecular complexity index is 501. The number of carbonyl (C=O) groups excluding carboxylic acids is 2. The van der Waals surface area contributed by atoms with E-state index in [0.29, 0.717) is 26.4 Å². The smallest absolute Gasteiger partial charge is 0.330 e. The highest BCUT2D eigenvalue weighted by molar-refractivity contribution is 5.81. The second-order valence-electron chi connectivity index (χ2n) is 6.97. The van der Waals surface area contributed by atoms with E-state index in [1.807, 2.05) is 0 Å². The van der Waals surface area contributed by atoms with Crippen LogP contribution in [0.2, 0.25) is 0 Å². The summed E-state index contributed by atoms with van der Waals surface area (Å²) >= 11 is 0. The molecule has 0 spiro atoms. The molecule has 0 aliphatic heterocycles. The van der Waals surface area contributed by atoms with Crippen LogP contribution in [0, 0.1) is 23.7 Å². The quantitative estimate of drug-likeness (QED) is 0.272. The molecule has 0 aromatic rings. The van der Waals surface area contributed by atoms with Crippen molar-refractivity contribution in [3.8, 4) is 0 Å². The molecule has 2 fully saturated rings. The molecular formula is C22H34O6. The summed E-state index contributed by atoms with van der Waals surface area (Å²) in [5.41, 5.74) is 0. The first kappa shape index (κ1) is 24.1. The fourth-order valence-corrected chi connectivity index (χ4v) is 4.07. The van der Waals surface area contributed by atoms with Gasteiger partial charge in [-0.25, -0.2) is 9.59 Å². The lowest BCUT2D eigenvalue weighted by Gasteiger charge is -2.23. The zero-order chi connectivity index (χ0) is 20.8. The number of hydrogen-bond acceptors (Lipinski definition) is 6. The van der Waals surface area contributed by atoms with Crippen LogP contribution in [0.1, 0.15) is 25.7 Å². The van der Waals surface area contributed by atoms with Crippen LogP contribution < -0.4 is 0 Å². The Morgan fingerprint density at radius 1 is 0.929 bits per heavy atom. The maximum absolute atomic E-state index is 10.3. The highest BCUT2D eigenvalue weighted by atomic mass is 16.6. The van der Waals surface area contributed by atoms with Gasteiger partial charge in [0.2, 0.25) is 0 Å². The number of hydrogen-bond donors (Lipinski definition) is 0. The van der Waals surface area contributed by atoms with E-state index in [4.69, 9.17) is 0 Å². The van der Waals surface area contributed by atoms with Crippen LogP contribution >= 0.6 is 0 Å². The van der Waals surface area contributed by atoms with Gasteiger partial charge in [-0.1, -0.05) is 25.3 Å². The molecule has 4 unspecified atom stereocenters. The molecule has 4 atom stereocenters. The maximum Gasteiger partial charge on any atom is 0.330 e. The zero-order valence-electron chi connectivity index (χ0n) is 17.1. The Morgan fingerprint density at radius 2 is 1.46 bits per heavy atom. The Hall–Kier alpha value is -1.92. The van der Waals surface area contributed by atoms with Gasteiger partial charge in [0.1, 0.15) is 13.2 Å². The number of fused-ring (bicyclic) bond motifs is 5. The third-order valence-electron chi connectivity index (χ3n) is 5.32. The van der Waals surface area contributed by atoms with Crippen LogP contribution in [0.5, 0.6) is 0 Å². The van der Waals surface area contributed by atoms with Gasteiger partial charge < -0.3 is 18.9 Å². The summed E-state index contributed by atoms with van der Waals surface area (Å²) in [5.74, 6) is 3.54. The summed E-state index contributed by atoms with van der Waals surface area (Å²) in [7, 11) is 3.09. The molecule has 0 aromatic heterocycles. The minimum absolute atomic E-state index is 0.293. The van der Waals surface area contributed by atoms with Crippen LogP contribution in [-0.4, -0.2) is 52.6 Å². The highest BCUT2D eigenvalue weighted by Gasteiger charge is 2.47. The Balaban J connectivity index is 0.000000211. The molecule has 0 radical (unpaired) electrons. The molecule has 0 saturated heterocycles. The van der Waals surface area contributed by atoms with E-state index >= 15 is 0 Å². The van der Waals surface area contributed by atoms with E-state index in [-0.39, 0.29) is 0 Å². The van der Waals surface area contributed by atoms with Crippen molar-refractivity contribution in [2.45, 2.75) is 25.7 Å². The van der Waals surface area contributed by atoms with Gasteiger partial charge in [-0.3, -0.25) is 0 Å². The third-order valence-corrected chi connectivity index (χ3v) is 5.32. The minimum atomic E-state index is -0.410. The van der Waals surface area contributed by atoms with Gasteiger partial charge in [0.25, 0.3) is 0 Å². The molecule has 6 nitrogen and oxygen atoms in total. The van der Waals surface area contributed by atoms with Crippen molar-refractivity contribution in [1.29, 1.82) is 0 Å². The Morgan fingerprint density at radius 3 is 1.93 bits per heavy atom. The molecule has 3 rings (SSSR count). The predicted molar refractivity (Wildman–Crippen MR) is 108 cm³/mol. The van der Waals surface area contributed by atoms with E-state index in [1.165, 1.54) is 12.8 Å². The van der Waals surface area contributed by atoms with E-state index in [0.717, 1.165) is 35.8 Å². The average molecular weight is 395 g/mol. The molecule has 3 aliphatic rings. The van der Waals surface area contributed by atoms with Crippen molar-refractivity contribution in [3.63, 3.8) is 0 Å². The average Bonchev–Trinajstić information content (AvgIpc) is 3.44. The number of allylic oxidation sites excluding steroid dienone is 2. The summed E-state index contributed by atoms with van der Waals surface area (Å²) in [6, 6.07) is 0. The van der Waals surface area contributed by atoms with Crippen molar-refractivity contribution in [2.24, 2.45) is 23.7 Å². The summed E-state index contributed by atoms with van der Waals surface area (Å²) in [6.45, 7) is 7.89. The van der Waals surface area contributed by atoms with Crippen LogP contribution in [0.3, 0.4) is 0 Å². The van der Waals surface area contributed by atoms with Crippen molar-refractivity contribution in [3.05, 3.63) is 37.5 Å². The number of ether oxygens (including phenoxy) is 4. The van der Waals surface area contributed by atoms with Gasteiger partial charge in [0.05, 0.1) is 13.2 Å². The standard InChI is InChI=1S/C10H14.2C6H10O3/c1-2-9-7-4-5-8(6-7)10(9)3-1;2*1-3-6(7)9-5-4-8-2/h1-2,7-10H,3-6H2;2*3H,1,4-5H2,2H3. The molecular weight excluding hydrogens is 360 g/mol. The first-order valence-electron chi connectivity index (χ1n) is 9.80. The van der Waals surface area contributed by atoms with Gasteiger partial charge in [-0.2, -0.15) is 0 Å². The van der Waals surface area contributed by atoms with E-state index < -0.39 is 11.9 Å². The predicted octanol–water partition coefficient (Wildman–Crippen LogP) is 3.33. The molecule has 0 aromatic carbocycles. The van der Waals surface area contributed by atoms with Crippen LogP contribution in [0.4, 0.5) is 0 Å². The Labute approximate surface area is 168 Å². The first-order chi connectivity index (χ1) is 13.6. The van der Waals surface area contributed by atoms with Crippen LogP contribution in [0.25, 0.3) is 0 Å². The molecule has 0 amide bonds. The second-order valence-corrected chi connectivity index (χ2v) is 6.97. The summed E-state index contributed by atoms with van der Waals surface area (Å²) in [4.78, 5) is 20.6. The number of methoxy groups -OCH3 is 2. The largest absolute Gasteiger partial charge is 0.460 e. The van der Waals surface area contributed by atoms with Gasteiger partial charge in [-0.05, 0) is 49.4 Å². The molecule has 2 bridgehead atoms. The Kier molecular flexibility index (Phi) is 12.2. The lowest BCUT2D eigenvalue weighted by molar-refractivity contribution is -0.139. The molecule has 6 heteroatoms.